The second kappa shape index (κ2) is 11.5. The van der Waals surface area contributed by atoms with E-state index in [1.165, 1.54) is 11.0 Å². The predicted molar refractivity (Wildman–Crippen MR) is 163 cm³/mol. The fourth-order valence-electron chi connectivity index (χ4n) is 4.91. The van der Waals surface area contributed by atoms with Gasteiger partial charge in [0.05, 0.1) is 11.3 Å². The van der Waals surface area contributed by atoms with Crippen molar-refractivity contribution in [1.29, 1.82) is 0 Å². The van der Waals surface area contributed by atoms with Gasteiger partial charge in [0.15, 0.2) is 5.11 Å². The number of thiocarbonyl (C=S) groups is 1. The first kappa shape index (κ1) is 29.8. The number of carbonyl (C=O) groups is 2. The quantitative estimate of drug-likeness (QED) is 0.167. The molecule has 2 aliphatic rings. The Morgan fingerprint density at radius 1 is 1.02 bits per heavy atom. The van der Waals surface area contributed by atoms with Crippen LogP contribution in [-0.4, -0.2) is 16.9 Å². The molecule has 1 heterocycles. The number of hydrogen-bond donors (Lipinski definition) is 1. The van der Waals surface area contributed by atoms with Crippen LogP contribution in [0.5, 0.6) is 11.5 Å². The Kier molecular flexibility index (Phi) is 8.15. The molecule has 0 spiro atoms. The number of ether oxygens (including phenoxy) is 1. The SMILES string of the molecule is CC1=CC(C=C2C(=O)NC(=S)N(c3ccc(Oc4ccccc4)cc3)C2=O)=C(C)C1c1c(Cl)cc(C(F)(F)F)cc1Br. The molecule has 214 valence electrons. The fraction of sp³-hybridized carbons (Fsp3) is 0.129. The summed E-state index contributed by atoms with van der Waals surface area (Å²) in [5.74, 6) is -0.541. The van der Waals surface area contributed by atoms with Crippen LogP contribution in [0.25, 0.3) is 0 Å². The molecule has 1 aliphatic carbocycles. The van der Waals surface area contributed by atoms with E-state index in [9.17, 15) is 22.8 Å². The number of rotatable bonds is 5. The predicted octanol–water partition coefficient (Wildman–Crippen LogP) is 8.65. The normalized spacial score (nSPS) is 18.5. The number of nitrogens with one attached hydrogen (secondary N) is 1. The Bertz CT molecular complexity index is 1690. The second-order valence-corrected chi connectivity index (χ2v) is 11.3. The Balaban J connectivity index is 1.45. The third kappa shape index (κ3) is 5.79. The van der Waals surface area contributed by atoms with Gasteiger partial charge in [0.25, 0.3) is 11.8 Å². The molecular formula is C31H21BrClF3N2O3S. The maximum atomic E-state index is 13.6. The highest BCUT2D eigenvalue weighted by atomic mass is 79.9. The number of halogens is 5. The highest BCUT2D eigenvalue weighted by Crippen LogP contribution is 2.47. The van der Waals surface area contributed by atoms with Gasteiger partial charge < -0.3 is 4.74 Å². The van der Waals surface area contributed by atoms with Gasteiger partial charge in [0.2, 0.25) is 0 Å². The van der Waals surface area contributed by atoms with Crippen LogP contribution >= 0.6 is 39.7 Å². The minimum atomic E-state index is -4.55. The first-order valence-corrected chi connectivity index (χ1v) is 14.1. The molecule has 3 aromatic rings. The smallest absolute Gasteiger partial charge is 0.416 e. The summed E-state index contributed by atoms with van der Waals surface area (Å²) in [5.41, 5.74) is 1.94. The fourth-order valence-corrected chi connectivity index (χ4v) is 6.32. The van der Waals surface area contributed by atoms with E-state index >= 15 is 0 Å². The Morgan fingerprint density at radius 2 is 1.67 bits per heavy atom. The summed E-state index contributed by atoms with van der Waals surface area (Å²) in [6.45, 7) is 3.59. The van der Waals surface area contributed by atoms with Gasteiger partial charge in [-0.15, -0.1) is 0 Å². The second-order valence-electron chi connectivity index (χ2n) is 9.68. The minimum absolute atomic E-state index is 0.0506. The van der Waals surface area contributed by atoms with Crippen LogP contribution in [0.2, 0.25) is 5.02 Å². The molecule has 11 heteroatoms. The number of hydrogen-bond acceptors (Lipinski definition) is 4. The molecule has 1 N–H and O–H groups in total. The lowest BCUT2D eigenvalue weighted by Gasteiger charge is -2.29. The van der Waals surface area contributed by atoms with E-state index in [0.29, 0.717) is 33.9 Å². The van der Waals surface area contributed by atoms with Crippen LogP contribution in [-0.2, 0) is 15.8 Å². The molecule has 0 aromatic heterocycles. The standard InChI is InChI=1S/C31H21BrClF3N2O3S/c1-16-12-18(17(2)26(16)27-24(32)14-19(15-25(27)33)31(34,35)36)13-23-28(39)37-30(42)38(29(23)40)20-8-10-22(11-9-20)41-21-6-4-3-5-7-21/h3-15,26H,1-2H3,(H,37,39,42). The molecule has 3 aromatic carbocycles. The summed E-state index contributed by atoms with van der Waals surface area (Å²) in [5, 5.41) is 2.44. The summed E-state index contributed by atoms with van der Waals surface area (Å²) in [7, 11) is 0. The zero-order chi connectivity index (χ0) is 30.3. The number of amides is 2. The molecule has 1 atom stereocenters. The third-order valence-corrected chi connectivity index (χ3v) is 8.15. The molecule has 5 nitrogen and oxygen atoms in total. The van der Waals surface area contributed by atoms with Crippen LogP contribution in [0.15, 0.2) is 106 Å². The van der Waals surface area contributed by atoms with Crippen molar-refractivity contribution in [2.75, 3.05) is 4.90 Å². The monoisotopic (exact) mass is 672 g/mol. The van der Waals surface area contributed by atoms with Gasteiger partial charge in [0, 0.05) is 15.4 Å². The van der Waals surface area contributed by atoms with E-state index in [1.54, 1.807) is 37.3 Å². The van der Waals surface area contributed by atoms with Crippen molar-refractivity contribution in [3.8, 4) is 11.5 Å². The zero-order valence-electron chi connectivity index (χ0n) is 22.1. The highest BCUT2D eigenvalue weighted by molar-refractivity contribution is 9.10. The van der Waals surface area contributed by atoms with E-state index in [-0.39, 0.29) is 20.2 Å². The minimum Gasteiger partial charge on any atom is -0.457 e. The summed E-state index contributed by atoms with van der Waals surface area (Å²) >= 11 is 14.9. The molecular weight excluding hydrogens is 653 g/mol. The molecule has 0 bridgehead atoms. The number of alkyl halides is 3. The lowest BCUT2D eigenvalue weighted by molar-refractivity contribution is -0.137. The lowest BCUT2D eigenvalue weighted by atomic mass is 9.88. The number of benzene rings is 3. The summed E-state index contributed by atoms with van der Waals surface area (Å²) < 4.78 is 45.9. The number of anilines is 1. The maximum absolute atomic E-state index is 13.6. The molecule has 42 heavy (non-hydrogen) atoms. The highest BCUT2D eigenvalue weighted by Gasteiger charge is 2.37. The number of allylic oxidation sites excluding steroid dienone is 5. The van der Waals surface area contributed by atoms with Crippen LogP contribution < -0.4 is 15.0 Å². The van der Waals surface area contributed by atoms with E-state index < -0.39 is 29.5 Å². The molecule has 0 saturated carbocycles. The summed E-state index contributed by atoms with van der Waals surface area (Å²) in [6, 6.07) is 17.8. The van der Waals surface area contributed by atoms with Crippen molar-refractivity contribution in [3.63, 3.8) is 0 Å². The maximum Gasteiger partial charge on any atom is 0.416 e. The van der Waals surface area contributed by atoms with Gasteiger partial charge in [0.1, 0.15) is 17.1 Å². The van der Waals surface area contributed by atoms with Gasteiger partial charge in [-0.3, -0.25) is 19.8 Å². The Labute approximate surface area is 258 Å². The van der Waals surface area contributed by atoms with Gasteiger partial charge in [-0.1, -0.05) is 63.0 Å². The largest absolute Gasteiger partial charge is 0.457 e. The van der Waals surface area contributed by atoms with Gasteiger partial charge in [-0.25, -0.2) is 0 Å². The first-order valence-electron chi connectivity index (χ1n) is 12.5. The number of nitrogens with zero attached hydrogens (tertiary/aromatic N) is 1. The third-order valence-electron chi connectivity index (χ3n) is 6.90. The van der Waals surface area contributed by atoms with Gasteiger partial charge in [-0.05, 0) is 91.8 Å². The van der Waals surface area contributed by atoms with Crippen LogP contribution in [0, 0.1) is 0 Å². The van der Waals surface area contributed by atoms with Crippen molar-refractivity contribution in [2.24, 2.45) is 0 Å². The van der Waals surface area contributed by atoms with Crippen molar-refractivity contribution in [1.82, 2.24) is 5.32 Å². The molecule has 2 amide bonds. The first-order chi connectivity index (χ1) is 19.8. The topological polar surface area (TPSA) is 58.6 Å². The average molecular weight is 674 g/mol. The molecule has 1 unspecified atom stereocenters. The Hall–Kier alpha value is -3.73. The lowest BCUT2D eigenvalue weighted by Crippen LogP contribution is -2.54. The van der Waals surface area contributed by atoms with E-state index in [2.05, 4.69) is 21.2 Å². The number of carbonyl (C=O) groups excluding carboxylic acids is 2. The van der Waals surface area contributed by atoms with Crippen LogP contribution in [0.3, 0.4) is 0 Å². The summed E-state index contributed by atoms with van der Waals surface area (Å²) in [4.78, 5) is 27.7. The zero-order valence-corrected chi connectivity index (χ0v) is 25.2. The van der Waals surface area contributed by atoms with E-state index in [0.717, 1.165) is 17.7 Å². The van der Waals surface area contributed by atoms with Gasteiger partial charge >= 0.3 is 6.18 Å². The molecule has 5 rings (SSSR count). The number of para-hydroxylation sites is 1. The van der Waals surface area contributed by atoms with Crippen molar-refractivity contribution < 1.29 is 27.5 Å². The summed E-state index contributed by atoms with van der Waals surface area (Å²) in [6.07, 6.45) is -1.31. The van der Waals surface area contributed by atoms with Gasteiger partial charge in [-0.2, -0.15) is 13.2 Å². The van der Waals surface area contributed by atoms with Crippen molar-refractivity contribution in [2.45, 2.75) is 25.9 Å². The molecule has 1 fully saturated rings. The van der Waals surface area contributed by atoms with Crippen LogP contribution in [0.4, 0.5) is 18.9 Å². The molecule has 1 aliphatic heterocycles. The molecule has 1 saturated heterocycles. The molecule has 0 radical (unpaired) electrons. The van der Waals surface area contributed by atoms with E-state index in [1.807, 2.05) is 37.3 Å². The van der Waals surface area contributed by atoms with E-state index in [4.69, 9.17) is 28.6 Å². The Morgan fingerprint density at radius 3 is 2.29 bits per heavy atom. The van der Waals surface area contributed by atoms with Crippen molar-refractivity contribution in [3.05, 3.63) is 122 Å². The average Bonchev–Trinajstić information content (AvgIpc) is 3.19. The van der Waals surface area contributed by atoms with Crippen molar-refractivity contribution >= 4 is 62.4 Å². The van der Waals surface area contributed by atoms with Crippen LogP contribution in [0.1, 0.15) is 30.9 Å².